The molecule has 0 heterocycles. The lowest BCUT2D eigenvalue weighted by Crippen LogP contribution is -2.36. The average Bonchev–Trinajstić information content (AvgIpc) is 2.17. The number of nitrogens with one attached hydrogen (secondary N) is 1. The first kappa shape index (κ1) is 15.9. The molecule has 0 aliphatic carbocycles. The Hall–Kier alpha value is -0.0800. The maximum Gasteiger partial charge on any atom is 0.0107 e. The highest BCUT2D eigenvalue weighted by molar-refractivity contribution is 4.67. The summed E-state index contributed by atoms with van der Waals surface area (Å²) in [6.45, 7) is 14.9. The van der Waals surface area contributed by atoms with Crippen molar-refractivity contribution in [3.63, 3.8) is 0 Å². The fraction of sp³-hybridized carbons (Fsp3) is 1.00. The number of likely N-dealkylation sites (N-methyl/N-ethyl adjacent to an activating group) is 1. The van der Waals surface area contributed by atoms with Gasteiger partial charge in [-0.25, -0.2) is 0 Å². The first-order valence-corrected chi connectivity index (χ1v) is 6.81. The minimum atomic E-state index is 0.453. The van der Waals surface area contributed by atoms with E-state index in [1.165, 1.54) is 19.3 Å². The second-order valence-corrected chi connectivity index (χ2v) is 6.01. The van der Waals surface area contributed by atoms with E-state index in [0.717, 1.165) is 25.7 Å². The van der Waals surface area contributed by atoms with Crippen LogP contribution in [-0.4, -0.2) is 37.6 Å². The van der Waals surface area contributed by atoms with Crippen molar-refractivity contribution in [2.75, 3.05) is 26.7 Å². The van der Waals surface area contributed by atoms with Crippen molar-refractivity contribution in [1.82, 2.24) is 10.2 Å². The van der Waals surface area contributed by atoms with Gasteiger partial charge in [-0.05, 0) is 38.3 Å². The summed E-state index contributed by atoms with van der Waals surface area (Å²) in [5.74, 6) is 0. The minimum absolute atomic E-state index is 0.453. The molecule has 98 valence electrons. The lowest BCUT2D eigenvalue weighted by molar-refractivity contribution is 0.228. The molecular weight excluding hydrogens is 196 g/mol. The zero-order valence-electron chi connectivity index (χ0n) is 12.3. The van der Waals surface area contributed by atoms with Crippen molar-refractivity contribution in [2.45, 2.75) is 59.9 Å². The summed E-state index contributed by atoms with van der Waals surface area (Å²) < 4.78 is 0. The van der Waals surface area contributed by atoms with Crippen molar-refractivity contribution in [2.24, 2.45) is 5.41 Å². The predicted octanol–water partition coefficient (Wildman–Crippen LogP) is 3.13. The summed E-state index contributed by atoms with van der Waals surface area (Å²) in [6.07, 6.45) is 3.77. The molecule has 1 N–H and O–H groups in total. The van der Waals surface area contributed by atoms with Crippen molar-refractivity contribution in [3.05, 3.63) is 0 Å². The third-order valence-corrected chi connectivity index (χ3v) is 3.26. The van der Waals surface area contributed by atoms with Gasteiger partial charge in [-0.15, -0.1) is 0 Å². The van der Waals surface area contributed by atoms with Crippen LogP contribution in [0.1, 0.15) is 53.9 Å². The molecular formula is C14H32N2. The van der Waals surface area contributed by atoms with Gasteiger partial charge in [-0.3, -0.25) is 0 Å². The Morgan fingerprint density at radius 3 is 2.06 bits per heavy atom. The molecule has 0 unspecified atom stereocenters. The van der Waals surface area contributed by atoms with E-state index >= 15 is 0 Å². The average molecular weight is 228 g/mol. The Labute approximate surface area is 103 Å². The van der Waals surface area contributed by atoms with Crippen molar-refractivity contribution >= 4 is 0 Å². The van der Waals surface area contributed by atoms with Crippen LogP contribution in [0.2, 0.25) is 0 Å². The molecule has 0 amide bonds. The third-order valence-electron chi connectivity index (χ3n) is 3.26. The van der Waals surface area contributed by atoms with E-state index in [4.69, 9.17) is 0 Å². The SMILES string of the molecule is CCC(CC)N(C)CCNCCC(C)(C)C. The molecule has 0 bridgehead atoms. The fourth-order valence-corrected chi connectivity index (χ4v) is 1.94. The Balaban J connectivity index is 3.51. The highest BCUT2D eigenvalue weighted by Gasteiger charge is 2.10. The van der Waals surface area contributed by atoms with E-state index in [0.29, 0.717) is 5.41 Å². The maximum absolute atomic E-state index is 3.53. The third kappa shape index (κ3) is 8.12. The lowest BCUT2D eigenvalue weighted by atomic mass is 9.92. The molecule has 0 aromatic rings. The summed E-state index contributed by atoms with van der Waals surface area (Å²) in [6, 6.07) is 0.754. The van der Waals surface area contributed by atoms with Gasteiger partial charge in [0.1, 0.15) is 0 Å². The van der Waals surface area contributed by atoms with Gasteiger partial charge in [0, 0.05) is 19.1 Å². The van der Waals surface area contributed by atoms with Gasteiger partial charge >= 0.3 is 0 Å². The van der Waals surface area contributed by atoms with Crippen LogP contribution in [0.5, 0.6) is 0 Å². The molecule has 0 saturated heterocycles. The highest BCUT2D eigenvalue weighted by atomic mass is 15.1. The summed E-state index contributed by atoms with van der Waals surface area (Å²) in [4.78, 5) is 2.48. The predicted molar refractivity (Wildman–Crippen MR) is 73.9 cm³/mol. The van der Waals surface area contributed by atoms with Crippen molar-refractivity contribution in [3.8, 4) is 0 Å². The molecule has 0 spiro atoms. The molecule has 0 atom stereocenters. The molecule has 0 aromatic carbocycles. The first-order chi connectivity index (χ1) is 7.40. The van der Waals surface area contributed by atoms with E-state index in [1.807, 2.05) is 0 Å². The Kier molecular flexibility index (Phi) is 8.04. The quantitative estimate of drug-likeness (QED) is 0.642. The van der Waals surface area contributed by atoms with Crippen LogP contribution in [0, 0.1) is 5.41 Å². The van der Waals surface area contributed by atoms with E-state index in [9.17, 15) is 0 Å². The van der Waals surface area contributed by atoms with Gasteiger partial charge in [-0.2, -0.15) is 0 Å². The minimum Gasteiger partial charge on any atom is -0.315 e. The van der Waals surface area contributed by atoms with Crippen LogP contribution >= 0.6 is 0 Å². The molecule has 16 heavy (non-hydrogen) atoms. The van der Waals surface area contributed by atoms with Gasteiger partial charge in [-0.1, -0.05) is 34.6 Å². The molecule has 0 saturated carbocycles. The Morgan fingerprint density at radius 2 is 1.62 bits per heavy atom. The summed E-state index contributed by atoms with van der Waals surface area (Å²) in [5.41, 5.74) is 0.453. The molecule has 0 rings (SSSR count). The molecule has 0 fully saturated rings. The number of nitrogens with zero attached hydrogens (tertiary/aromatic N) is 1. The van der Waals surface area contributed by atoms with E-state index < -0.39 is 0 Å². The summed E-state index contributed by atoms with van der Waals surface area (Å²) >= 11 is 0. The van der Waals surface area contributed by atoms with Crippen molar-refractivity contribution in [1.29, 1.82) is 0 Å². The summed E-state index contributed by atoms with van der Waals surface area (Å²) in [7, 11) is 2.24. The topological polar surface area (TPSA) is 15.3 Å². The van der Waals surface area contributed by atoms with Gasteiger partial charge < -0.3 is 10.2 Å². The molecule has 0 radical (unpaired) electrons. The second-order valence-electron chi connectivity index (χ2n) is 6.01. The van der Waals surface area contributed by atoms with Crippen LogP contribution in [0.4, 0.5) is 0 Å². The second kappa shape index (κ2) is 8.08. The van der Waals surface area contributed by atoms with E-state index in [-0.39, 0.29) is 0 Å². The van der Waals surface area contributed by atoms with Crippen LogP contribution in [0.3, 0.4) is 0 Å². The lowest BCUT2D eigenvalue weighted by Gasteiger charge is -2.26. The zero-order chi connectivity index (χ0) is 12.6. The van der Waals surface area contributed by atoms with E-state index in [1.54, 1.807) is 0 Å². The van der Waals surface area contributed by atoms with E-state index in [2.05, 4.69) is 51.9 Å². The van der Waals surface area contributed by atoms with Crippen LogP contribution in [-0.2, 0) is 0 Å². The smallest absolute Gasteiger partial charge is 0.0107 e. The largest absolute Gasteiger partial charge is 0.315 e. The number of hydrogen-bond acceptors (Lipinski definition) is 2. The number of rotatable bonds is 8. The molecule has 2 nitrogen and oxygen atoms in total. The van der Waals surface area contributed by atoms with Crippen molar-refractivity contribution < 1.29 is 0 Å². The van der Waals surface area contributed by atoms with Crippen LogP contribution in [0.15, 0.2) is 0 Å². The van der Waals surface area contributed by atoms with Crippen LogP contribution in [0.25, 0.3) is 0 Å². The highest BCUT2D eigenvalue weighted by Crippen LogP contribution is 2.16. The standard InChI is InChI=1S/C14H32N2/c1-7-13(8-2)16(6)12-11-15-10-9-14(3,4)5/h13,15H,7-12H2,1-6H3. The molecule has 0 aliphatic rings. The normalized spacial score (nSPS) is 12.8. The first-order valence-electron chi connectivity index (χ1n) is 6.81. The van der Waals surface area contributed by atoms with Gasteiger partial charge in [0.15, 0.2) is 0 Å². The zero-order valence-corrected chi connectivity index (χ0v) is 12.3. The fourth-order valence-electron chi connectivity index (χ4n) is 1.94. The molecule has 0 aromatic heterocycles. The van der Waals surface area contributed by atoms with Gasteiger partial charge in [0.2, 0.25) is 0 Å². The van der Waals surface area contributed by atoms with Gasteiger partial charge in [0.05, 0.1) is 0 Å². The Bertz CT molecular complexity index is 157. The molecule has 2 heteroatoms. The number of hydrogen-bond donors (Lipinski definition) is 1. The maximum atomic E-state index is 3.53. The molecule has 0 aliphatic heterocycles. The van der Waals surface area contributed by atoms with Gasteiger partial charge in [0.25, 0.3) is 0 Å². The van der Waals surface area contributed by atoms with Crippen LogP contribution < -0.4 is 5.32 Å². The monoisotopic (exact) mass is 228 g/mol. The Morgan fingerprint density at radius 1 is 1.06 bits per heavy atom. The summed E-state index contributed by atoms with van der Waals surface area (Å²) in [5, 5.41) is 3.53.